The molecule has 14 heteroatoms. The standard InChI is InChI=1S/C22H24N4O10/c27-20(15-8-6-10-17(26(34)35)19(15)22(30)31)23-11-3-1-2-4-12-24-36-13-14-7-5-9-16(25(32)33)18(14)21(28)29/h5-10,24H,1-4,11-13H2,(H,23,27)(H,28,29)(H,30,31). The Labute approximate surface area is 204 Å². The largest absolute Gasteiger partial charge is 0.477 e. The summed E-state index contributed by atoms with van der Waals surface area (Å²) in [5.41, 5.74) is 0.289. The van der Waals surface area contributed by atoms with E-state index in [1.807, 2.05) is 0 Å². The fraction of sp³-hybridized carbons (Fsp3) is 0.318. The molecule has 0 fully saturated rings. The number of carbonyl (C=O) groups is 3. The lowest BCUT2D eigenvalue weighted by Gasteiger charge is -2.09. The zero-order valence-corrected chi connectivity index (χ0v) is 19.0. The van der Waals surface area contributed by atoms with E-state index in [1.54, 1.807) is 0 Å². The zero-order chi connectivity index (χ0) is 26.7. The van der Waals surface area contributed by atoms with Crippen molar-refractivity contribution in [2.45, 2.75) is 32.3 Å². The third kappa shape index (κ3) is 7.54. The summed E-state index contributed by atoms with van der Waals surface area (Å²) in [6.07, 6.45) is 2.74. The Hall–Kier alpha value is -4.43. The number of nitro groups is 2. The molecule has 0 atom stereocenters. The molecule has 36 heavy (non-hydrogen) atoms. The maximum atomic E-state index is 12.3. The molecule has 2 aromatic rings. The molecule has 14 nitrogen and oxygen atoms in total. The minimum absolute atomic E-state index is 0.162. The van der Waals surface area contributed by atoms with Crippen LogP contribution in [-0.4, -0.2) is 51.0 Å². The fourth-order valence-corrected chi connectivity index (χ4v) is 3.39. The van der Waals surface area contributed by atoms with Crippen molar-refractivity contribution in [1.82, 2.24) is 10.8 Å². The predicted octanol–water partition coefficient (Wildman–Crippen LogP) is 2.91. The Bertz CT molecular complexity index is 1150. The number of nitrogens with zero attached hydrogens (tertiary/aromatic N) is 2. The van der Waals surface area contributed by atoms with Crippen LogP contribution >= 0.6 is 0 Å². The van der Waals surface area contributed by atoms with Crippen LogP contribution in [0.2, 0.25) is 0 Å². The van der Waals surface area contributed by atoms with Gasteiger partial charge in [0.15, 0.2) is 0 Å². The number of unbranched alkanes of at least 4 members (excludes halogenated alkanes) is 3. The quantitative estimate of drug-likeness (QED) is 0.157. The summed E-state index contributed by atoms with van der Waals surface area (Å²) in [4.78, 5) is 60.7. The fourth-order valence-electron chi connectivity index (χ4n) is 3.39. The second-order valence-electron chi connectivity index (χ2n) is 7.49. The smallest absolute Gasteiger partial charge is 0.343 e. The SMILES string of the molecule is O=C(NCCCCCCNOCc1cccc([N+](=O)[O-])c1C(=O)O)c1cccc([N+](=O)[O-])c1C(=O)O. The van der Waals surface area contributed by atoms with Crippen molar-refractivity contribution in [3.63, 3.8) is 0 Å². The summed E-state index contributed by atoms with van der Waals surface area (Å²) in [5.74, 6) is -3.70. The third-order valence-electron chi connectivity index (χ3n) is 5.06. The highest BCUT2D eigenvalue weighted by molar-refractivity contribution is 6.07. The maximum Gasteiger partial charge on any atom is 0.343 e. The van der Waals surface area contributed by atoms with E-state index in [-0.39, 0.29) is 24.3 Å². The number of carboxylic acid groups (broad SMARTS) is 2. The number of hydrogen-bond acceptors (Lipinski definition) is 9. The summed E-state index contributed by atoms with van der Waals surface area (Å²) in [6, 6.07) is 7.40. The topological polar surface area (TPSA) is 211 Å². The summed E-state index contributed by atoms with van der Waals surface area (Å²) >= 11 is 0. The average Bonchev–Trinajstić information content (AvgIpc) is 2.83. The Kier molecular flexibility index (Phi) is 10.4. The molecule has 2 rings (SSSR count). The summed E-state index contributed by atoms with van der Waals surface area (Å²) in [5, 5.41) is 43.1. The van der Waals surface area contributed by atoms with E-state index in [0.717, 1.165) is 25.0 Å². The molecule has 0 heterocycles. The number of hydrogen-bond donors (Lipinski definition) is 4. The van der Waals surface area contributed by atoms with Gasteiger partial charge in [0.1, 0.15) is 11.1 Å². The van der Waals surface area contributed by atoms with Crippen LogP contribution in [0, 0.1) is 20.2 Å². The zero-order valence-electron chi connectivity index (χ0n) is 19.0. The molecule has 0 bridgehead atoms. The molecule has 0 saturated heterocycles. The van der Waals surface area contributed by atoms with Gasteiger partial charge in [-0.1, -0.05) is 31.0 Å². The molecule has 0 aromatic heterocycles. The number of benzene rings is 2. The van der Waals surface area contributed by atoms with Crippen molar-refractivity contribution in [3.8, 4) is 0 Å². The molecule has 4 N–H and O–H groups in total. The van der Waals surface area contributed by atoms with Crippen LogP contribution in [-0.2, 0) is 11.4 Å². The number of nitro benzene ring substituents is 2. The van der Waals surface area contributed by atoms with Gasteiger partial charge in [-0.15, -0.1) is 0 Å². The Morgan fingerprint density at radius 3 is 1.94 bits per heavy atom. The molecule has 0 spiro atoms. The van der Waals surface area contributed by atoms with Gasteiger partial charge < -0.3 is 15.5 Å². The van der Waals surface area contributed by atoms with E-state index in [0.29, 0.717) is 19.4 Å². The van der Waals surface area contributed by atoms with Crippen molar-refractivity contribution < 1.29 is 39.3 Å². The second kappa shape index (κ2) is 13.5. The van der Waals surface area contributed by atoms with Gasteiger partial charge in [0.05, 0.1) is 22.0 Å². The Morgan fingerprint density at radius 1 is 0.806 bits per heavy atom. The van der Waals surface area contributed by atoms with Gasteiger partial charge in [-0.05, 0) is 18.9 Å². The van der Waals surface area contributed by atoms with Gasteiger partial charge >= 0.3 is 11.9 Å². The first-order chi connectivity index (χ1) is 17.1. The van der Waals surface area contributed by atoms with Gasteiger partial charge in [0.2, 0.25) is 0 Å². The molecule has 2 aromatic carbocycles. The molecule has 0 aliphatic rings. The van der Waals surface area contributed by atoms with Crippen molar-refractivity contribution in [2.24, 2.45) is 0 Å². The summed E-state index contributed by atoms with van der Waals surface area (Å²) in [6.45, 7) is 0.500. The van der Waals surface area contributed by atoms with Crippen molar-refractivity contribution in [1.29, 1.82) is 0 Å². The normalized spacial score (nSPS) is 10.6. The molecule has 0 unspecified atom stereocenters. The maximum absolute atomic E-state index is 12.3. The average molecular weight is 504 g/mol. The first-order valence-electron chi connectivity index (χ1n) is 10.8. The van der Waals surface area contributed by atoms with Gasteiger partial charge in [-0.25, -0.2) is 15.1 Å². The minimum Gasteiger partial charge on any atom is -0.477 e. The molecule has 192 valence electrons. The monoisotopic (exact) mass is 504 g/mol. The van der Waals surface area contributed by atoms with Crippen molar-refractivity contribution >= 4 is 29.2 Å². The summed E-state index contributed by atoms with van der Waals surface area (Å²) < 4.78 is 0. The minimum atomic E-state index is -1.56. The van der Waals surface area contributed by atoms with Crippen LogP contribution in [0.3, 0.4) is 0 Å². The molecular formula is C22H24N4O10. The van der Waals surface area contributed by atoms with Crippen LogP contribution in [0.15, 0.2) is 36.4 Å². The number of aromatic carboxylic acids is 2. The predicted molar refractivity (Wildman–Crippen MR) is 124 cm³/mol. The summed E-state index contributed by atoms with van der Waals surface area (Å²) in [7, 11) is 0. The van der Waals surface area contributed by atoms with E-state index >= 15 is 0 Å². The van der Waals surface area contributed by atoms with E-state index < -0.39 is 50.2 Å². The molecular weight excluding hydrogens is 480 g/mol. The molecule has 1 amide bonds. The highest BCUT2D eigenvalue weighted by Crippen LogP contribution is 2.23. The Morgan fingerprint density at radius 2 is 1.36 bits per heavy atom. The number of nitrogens with one attached hydrogen (secondary N) is 2. The number of carbonyl (C=O) groups excluding carboxylic acids is 1. The third-order valence-corrected chi connectivity index (χ3v) is 5.06. The van der Waals surface area contributed by atoms with Crippen molar-refractivity contribution in [2.75, 3.05) is 13.1 Å². The lowest BCUT2D eigenvalue weighted by Crippen LogP contribution is -2.26. The van der Waals surface area contributed by atoms with Gasteiger partial charge in [-0.2, -0.15) is 0 Å². The number of carboxylic acids is 2. The van der Waals surface area contributed by atoms with Gasteiger partial charge in [0.25, 0.3) is 17.3 Å². The highest BCUT2D eigenvalue weighted by Gasteiger charge is 2.26. The van der Waals surface area contributed by atoms with Crippen LogP contribution in [0.25, 0.3) is 0 Å². The van der Waals surface area contributed by atoms with Crippen LogP contribution in [0.1, 0.15) is 62.3 Å². The molecule has 0 saturated carbocycles. The lowest BCUT2D eigenvalue weighted by atomic mass is 10.0. The first-order valence-corrected chi connectivity index (χ1v) is 10.8. The Balaban J connectivity index is 1.69. The highest BCUT2D eigenvalue weighted by atomic mass is 16.6. The van der Waals surface area contributed by atoms with Crippen LogP contribution in [0.4, 0.5) is 11.4 Å². The van der Waals surface area contributed by atoms with Crippen LogP contribution in [0.5, 0.6) is 0 Å². The van der Waals surface area contributed by atoms with E-state index in [9.17, 15) is 44.8 Å². The number of rotatable bonds is 15. The first kappa shape index (κ1) is 27.8. The van der Waals surface area contributed by atoms with Gasteiger partial charge in [0, 0.05) is 30.8 Å². The number of amides is 1. The second-order valence-corrected chi connectivity index (χ2v) is 7.49. The lowest BCUT2D eigenvalue weighted by molar-refractivity contribution is -0.385. The van der Waals surface area contributed by atoms with Crippen molar-refractivity contribution in [3.05, 3.63) is 78.9 Å². The van der Waals surface area contributed by atoms with Gasteiger partial charge in [-0.3, -0.25) is 29.9 Å². The van der Waals surface area contributed by atoms with E-state index in [2.05, 4.69) is 10.8 Å². The molecule has 0 aliphatic carbocycles. The van der Waals surface area contributed by atoms with E-state index in [4.69, 9.17) is 4.84 Å². The van der Waals surface area contributed by atoms with E-state index in [1.165, 1.54) is 24.3 Å². The molecule has 0 radical (unpaired) electrons. The number of hydroxylamine groups is 1. The van der Waals surface area contributed by atoms with Crippen LogP contribution < -0.4 is 10.8 Å². The molecule has 0 aliphatic heterocycles.